The van der Waals surface area contributed by atoms with E-state index in [-0.39, 0.29) is 5.78 Å². The van der Waals surface area contributed by atoms with Crippen molar-refractivity contribution in [1.82, 2.24) is 9.97 Å². The lowest BCUT2D eigenvalue weighted by Crippen LogP contribution is -2.01. The first-order valence-electron chi connectivity index (χ1n) is 6.74. The van der Waals surface area contributed by atoms with Gasteiger partial charge >= 0.3 is 0 Å². The van der Waals surface area contributed by atoms with Gasteiger partial charge in [0.1, 0.15) is 5.69 Å². The molecule has 0 atom stereocenters. The molecule has 5 heteroatoms. The molecule has 0 aliphatic heterocycles. The number of aromatic nitrogens is 2. The number of hydrogen-bond donors (Lipinski definition) is 0. The van der Waals surface area contributed by atoms with Crippen molar-refractivity contribution in [1.29, 1.82) is 0 Å². The SMILES string of the molecule is CCCC(=O)c1ccc2oc(-c3ccc(Cl)cc3)nc2n1. The number of hydrogen-bond acceptors (Lipinski definition) is 4. The van der Waals surface area contributed by atoms with E-state index >= 15 is 0 Å². The molecule has 0 amide bonds. The van der Waals surface area contributed by atoms with Crippen molar-refractivity contribution in [2.24, 2.45) is 0 Å². The Bertz CT molecular complexity index is 794. The average Bonchev–Trinajstić information content (AvgIpc) is 2.91. The second-order valence-electron chi connectivity index (χ2n) is 4.72. The van der Waals surface area contributed by atoms with E-state index in [1.54, 1.807) is 24.3 Å². The third-order valence-electron chi connectivity index (χ3n) is 3.11. The number of halogens is 1. The van der Waals surface area contributed by atoms with E-state index < -0.39 is 0 Å². The maximum Gasteiger partial charge on any atom is 0.228 e. The molecule has 2 heterocycles. The van der Waals surface area contributed by atoms with Crippen LogP contribution in [0.3, 0.4) is 0 Å². The van der Waals surface area contributed by atoms with Crippen LogP contribution in [0.15, 0.2) is 40.8 Å². The number of oxazole rings is 1. The molecule has 0 saturated heterocycles. The summed E-state index contributed by atoms with van der Waals surface area (Å²) in [5.41, 5.74) is 2.26. The lowest BCUT2D eigenvalue weighted by molar-refractivity contribution is 0.0977. The van der Waals surface area contributed by atoms with Gasteiger partial charge in [0.25, 0.3) is 0 Å². The standard InChI is InChI=1S/C16H13ClN2O2/c1-2-3-13(20)12-8-9-14-15(18-12)19-16(21-14)10-4-6-11(17)7-5-10/h4-9H,2-3H2,1H3. The van der Waals surface area contributed by atoms with Crippen molar-refractivity contribution in [3.8, 4) is 11.5 Å². The number of Topliss-reactive ketones (excluding diaryl/α,β-unsaturated/α-hetero) is 1. The number of carbonyl (C=O) groups excluding carboxylic acids is 1. The van der Waals surface area contributed by atoms with Crippen LogP contribution in [0.5, 0.6) is 0 Å². The Kier molecular flexibility index (Phi) is 3.71. The van der Waals surface area contributed by atoms with Crippen LogP contribution < -0.4 is 0 Å². The molecule has 0 aliphatic carbocycles. The van der Waals surface area contributed by atoms with Gasteiger partial charge in [-0.15, -0.1) is 0 Å². The van der Waals surface area contributed by atoms with Gasteiger partial charge < -0.3 is 4.42 Å². The zero-order valence-electron chi connectivity index (χ0n) is 11.5. The topological polar surface area (TPSA) is 56.0 Å². The van der Waals surface area contributed by atoms with Crippen LogP contribution in [-0.4, -0.2) is 15.8 Å². The highest BCUT2D eigenvalue weighted by atomic mass is 35.5. The molecule has 21 heavy (non-hydrogen) atoms. The minimum Gasteiger partial charge on any atom is -0.434 e. The number of nitrogens with zero attached hydrogens (tertiary/aromatic N) is 2. The third-order valence-corrected chi connectivity index (χ3v) is 3.36. The van der Waals surface area contributed by atoms with E-state index in [0.717, 1.165) is 12.0 Å². The van der Waals surface area contributed by atoms with Gasteiger partial charge in [-0.1, -0.05) is 18.5 Å². The molecule has 0 unspecified atom stereocenters. The Morgan fingerprint density at radius 1 is 1.14 bits per heavy atom. The fraction of sp³-hybridized carbons (Fsp3) is 0.188. The van der Waals surface area contributed by atoms with Crippen LogP contribution in [0.2, 0.25) is 5.02 Å². The molecular weight excluding hydrogens is 288 g/mol. The molecule has 0 bridgehead atoms. The van der Waals surface area contributed by atoms with Crippen molar-refractivity contribution < 1.29 is 9.21 Å². The zero-order chi connectivity index (χ0) is 14.8. The average molecular weight is 301 g/mol. The summed E-state index contributed by atoms with van der Waals surface area (Å²) in [5, 5.41) is 0.653. The number of ketones is 1. The zero-order valence-corrected chi connectivity index (χ0v) is 12.2. The van der Waals surface area contributed by atoms with Crippen molar-refractivity contribution in [3.05, 3.63) is 47.1 Å². The Morgan fingerprint density at radius 3 is 2.62 bits per heavy atom. The van der Waals surface area contributed by atoms with Crippen molar-refractivity contribution in [3.63, 3.8) is 0 Å². The lowest BCUT2D eigenvalue weighted by atomic mass is 10.1. The van der Waals surface area contributed by atoms with Gasteiger partial charge in [-0.25, -0.2) is 4.98 Å². The summed E-state index contributed by atoms with van der Waals surface area (Å²) in [6.07, 6.45) is 1.29. The highest BCUT2D eigenvalue weighted by molar-refractivity contribution is 6.30. The molecule has 0 fully saturated rings. The predicted molar refractivity (Wildman–Crippen MR) is 81.5 cm³/mol. The molecule has 0 spiro atoms. The maximum absolute atomic E-state index is 11.9. The summed E-state index contributed by atoms with van der Waals surface area (Å²) in [4.78, 5) is 20.5. The monoisotopic (exact) mass is 300 g/mol. The van der Waals surface area contributed by atoms with Crippen LogP contribution in [0, 0.1) is 0 Å². The van der Waals surface area contributed by atoms with Crippen LogP contribution in [-0.2, 0) is 0 Å². The molecule has 0 N–H and O–H groups in total. The molecule has 3 aromatic rings. The fourth-order valence-corrected chi connectivity index (χ4v) is 2.17. The first kappa shape index (κ1) is 13.8. The van der Waals surface area contributed by atoms with Crippen molar-refractivity contribution in [2.45, 2.75) is 19.8 Å². The van der Waals surface area contributed by atoms with Gasteiger partial charge in [-0.2, -0.15) is 4.98 Å². The Labute approximate surface area is 126 Å². The summed E-state index contributed by atoms with van der Waals surface area (Å²) in [6.45, 7) is 1.96. The minimum absolute atomic E-state index is 0.0236. The smallest absolute Gasteiger partial charge is 0.228 e. The number of carbonyl (C=O) groups is 1. The van der Waals surface area contributed by atoms with E-state index in [9.17, 15) is 4.79 Å². The van der Waals surface area contributed by atoms with Crippen LogP contribution >= 0.6 is 11.6 Å². The summed E-state index contributed by atoms with van der Waals surface area (Å²) in [6, 6.07) is 10.6. The van der Waals surface area contributed by atoms with E-state index in [2.05, 4.69) is 9.97 Å². The quantitative estimate of drug-likeness (QED) is 0.664. The summed E-state index contributed by atoms with van der Waals surface area (Å²) in [7, 11) is 0. The van der Waals surface area contributed by atoms with Gasteiger partial charge in [-0.3, -0.25) is 4.79 Å². The van der Waals surface area contributed by atoms with Crippen LogP contribution in [0.1, 0.15) is 30.3 Å². The van der Waals surface area contributed by atoms with Gasteiger partial charge in [0.15, 0.2) is 17.0 Å². The lowest BCUT2D eigenvalue weighted by Gasteiger charge is -1.96. The van der Waals surface area contributed by atoms with E-state index in [4.69, 9.17) is 16.0 Å². The maximum atomic E-state index is 11.9. The summed E-state index contributed by atoms with van der Waals surface area (Å²) >= 11 is 5.86. The van der Waals surface area contributed by atoms with E-state index in [1.807, 2.05) is 19.1 Å². The normalized spacial score (nSPS) is 11.0. The minimum atomic E-state index is 0.0236. The predicted octanol–water partition coefficient (Wildman–Crippen LogP) is 4.53. The first-order valence-corrected chi connectivity index (χ1v) is 7.12. The molecular formula is C16H13ClN2O2. The Hall–Kier alpha value is -2.20. The largest absolute Gasteiger partial charge is 0.434 e. The van der Waals surface area contributed by atoms with Gasteiger partial charge in [-0.05, 0) is 42.8 Å². The van der Waals surface area contributed by atoms with E-state index in [1.165, 1.54) is 0 Å². The van der Waals surface area contributed by atoms with Gasteiger partial charge in [0.05, 0.1) is 0 Å². The summed E-state index contributed by atoms with van der Waals surface area (Å²) < 4.78 is 5.66. The molecule has 0 radical (unpaired) electrons. The first-order chi connectivity index (χ1) is 10.2. The number of fused-ring (bicyclic) bond motifs is 1. The highest BCUT2D eigenvalue weighted by Gasteiger charge is 2.12. The molecule has 3 rings (SSSR count). The summed E-state index contributed by atoms with van der Waals surface area (Å²) in [5.74, 6) is 0.490. The molecule has 0 aliphatic rings. The molecule has 106 valence electrons. The molecule has 1 aromatic carbocycles. The van der Waals surface area contributed by atoms with Crippen molar-refractivity contribution in [2.75, 3.05) is 0 Å². The Balaban J connectivity index is 2.00. The Morgan fingerprint density at radius 2 is 1.90 bits per heavy atom. The molecule has 0 saturated carbocycles. The molecule has 4 nitrogen and oxygen atoms in total. The van der Waals surface area contributed by atoms with Crippen LogP contribution in [0.4, 0.5) is 0 Å². The number of pyridine rings is 1. The second-order valence-corrected chi connectivity index (χ2v) is 5.15. The van der Waals surface area contributed by atoms with Gasteiger partial charge in [0.2, 0.25) is 5.89 Å². The molecule has 2 aromatic heterocycles. The van der Waals surface area contributed by atoms with Crippen LogP contribution in [0.25, 0.3) is 22.7 Å². The number of benzene rings is 1. The van der Waals surface area contributed by atoms with Gasteiger partial charge in [0, 0.05) is 17.0 Å². The fourth-order valence-electron chi connectivity index (χ4n) is 2.04. The van der Waals surface area contributed by atoms with Crippen molar-refractivity contribution >= 4 is 28.6 Å². The van der Waals surface area contributed by atoms with E-state index in [0.29, 0.717) is 34.3 Å². The second kappa shape index (κ2) is 5.66. The number of rotatable bonds is 4. The third kappa shape index (κ3) is 2.81. The highest BCUT2D eigenvalue weighted by Crippen LogP contribution is 2.24.